The number of fused-ring (bicyclic) bond motifs is 2. The van der Waals surface area contributed by atoms with Crippen LogP contribution in [-0.2, 0) is 19.4 Å². The largest absolute Gasteiger partial charge is 0.492 e. The lowest BCUT2D eigenvalue weighted by Gasteiger charge is -2.29. The van der Waals surface area contributed by atoms with E-state index in [9.17, 15) is 4.79 Å². The lowest BCUT2D eigenvalue weighted by atomic mass is 9.95. The third kappa shape index (κ3) is 3.38. The molecule has 0 bridgehead atoms. The summed E-state index contributed by atoms with van der Waals surface area (Å²) < 4.78 is 28.1. The number of hydrogen-bond donors (Lipinski definition) is 1. The molecule has 4 heterocycles. The second-order valence-corrected chi connectivity index (χ2v) is 8.12. The first-order valence-electron chi connectivity index (χ1n) is 10.5. The second-order valence-electron chi connectivity index (χ2n) is 8.12. The molecule has 2 aromatic heterocycles. The fraction of sp³-hybridized carbons (Fsp3) is 0.391. The monoisotopic (exact) mass is 439 g/mol. The van der Waals surface area contributed by atoms with Gasteiger partial charge in [0.05, 0.1) is 18.5 Å². The van der Waals surface area contributed by atoms with E-state index in [4.69, 9.17) is 23.2 Å². The van der Waals surface area contributed by atoms with Crippen molar-refractivity contribution in [2.24, 2.45) is 0 Å². The van der Waals surface area contributed by atoms with Crippen LogP contribution in [0.3, 0.4) is 0 Å². The number of aromatic nitrogens is 1. The molecule has 1 amide bonds. The van der Waals surface area contributed by atoms with Gasteiger partial charge in [0.15, 0.2) is 17.3 Å². The Labute approximate surface area is 185 Å². The summed E-state index contributed by atoms with van der Waals surface area (Å²) in [7, 11) is 3.67. The summed E-state index contributed by atoms with van der Waals surface area (Å²) in [4.78, 5) is 15.3. The van der Waals surface area contributed by atoms with Gasteiger partial charge in [-0.1, -0.05) is 5.16 Å². The minimum absolute atomic E-state index is 0.0790. The van der Waals surface area contributed by atoms with E-state index in [1.807, 2.05) is 13.8 Å². The number of likely N-dealkylation sites (N-methyl/N-ethyl adjacent to an activating group) is 1. The number of carbonyl (C=O) groups is 1. The van der Waals surface area contributed by atoms with E-state index in [1.54, 1.807) is 19.2 Å². The van der Waals surface area contributed by atoms with Crippen LogP contribution in [0.5, 0.6) is 17.2 Å². The number of hydrogen-bond acceptors (Lipinski definition) is 8. The molecule has 0 unspecified atom stereocenters. The molecule has 0 fully saturated rings. The highest BCUT2D eigenvalue weighted by molar-refractivity contribution is 6.04. The van der Waals surface area contributed by atoms with Crippen LogP contribution in [0, 0.1) is 13.8 Å². The molecule has 1 aromatic carbocycles. The van der Waals surface area contributed by atoms with Crippen molar-refractivity contribution < 1.29 is 27.9 Å². The molecule has 0 saturated carbocycles. The van der Waals surface area contributed by atoms with Crippen molar-refractivity contribution in [2.45, 2.75) is 33.2 Å². The van der Waals surface area contributed by atoms with Crippen LogP contribution < -0.4 is 19.5 Å². The number of nitrogens with zero attached hydrogens (tertiary/aromatic N) is 2. The van der Waals surface area contributed by atoms with Gasteiger partial charge < -0.3 is 33.4 Å². The Hall–Kier alpha value is -3.46. The number of methoxy groups -OCH3 is 1. The number of nitrogens with one attached hydrogen (secondary N) is 1. The fourth-order valence-corrected chi connectivity index (χ4v) is 4.34. The Morgan fingerprint density at radius 1 is 1.22 bits per heavy atom. The molecular weight excluding hydrogens is 414 g/mol. The quantitative estimate of drug-likeness (QED) is 0.645. The topological polar surface area (TPSA) is 99.2 Å². The van der Waals surface area contributed by atoms with Crippen LogP contribution in [0.25, 0.3) is 0 Å². The average molecular weight is 439 g/mol. The molecule has 2 aliphatic heterocycles. The SMILES string of the molecule is COc1c2c(c(NC(=O)c3ccc(Cc4c(C)noc4C)o3)c3c1OCO3)CCN(C)C2. The maximum Gasteiger partial charge on any atom is 0.291 e. The van der Waals surface area contributed by atoms with E-state index in [0.717, 1.165) is 41.1 Å². The summed E-state index contributed by atoms with van der Waals surface area (Å²) in [6.07, 6.45) is 1.26. The van der Waals surface area contributed by atoms with Crippen molar-refractivity contribution in [3.05, 3.63) is 51.8 Å². The molecule has 0 radical (unpaired) electrons. The number of carbonyl (C=O) groups excluding carboxylic acids is 1. The molecule has 0 aliphatic carbocycles. The highest BCUT2D eigenvalue weighted by atomic mass is 16.7. The van der Waals surface area contributed by atoms with Gasteiger partial charge in [-0.3, -0.25) is 4.79 Å². The maximum atomic E-state index is 13.1. The van der Waals surface area contributed by atoms with Crippen LogP contribution in [0.2, 0.25) is 0 Å². The van der Waals surface area contributed by atoms with E-state index in [-0.39, 0.29) is 18.5 Å². The standard InChI is InChI=1S/C23H25N3O6/c1-12-16(13(2)32-25-12)9-14-5-6-18(31-14)23(27)24-19-15-7-8-26(3)10-17(15)20(28-4)22-21(19)29-11-30-22/h5-6H,7-11H2,1-4H3,(H,24,27). The summed E-state index contributed by atoms with van der Waals surface area (Å²) in [5.74, 6) is 2.96. The number of aryl methyl sites for hydroxylation is 2. The summed E-state index contributed by atoms with van der Waals surface area (Å²) in [6, 6.07) is 3.47. The van der Waals surface area contributed by atoms with Gasteiger partial charge >= 0.3 is 0 Å². The molecule has 9 heteroatoms. The summed E-state index contributed by atoms with van der Waals surface area (Å²) in [5.41, 5.74) is 4.39. The molecule has 9 nitrogen and oxygen atoms in total. The zero-order valence-corrected chi connectivity index (χ0v) is 18.5. The molecule has 0 atom stereocenters. The second kappa shape index (κ2) is 7.90. The fourth-order valence-electron chi connectivity index (χ4n) is 4.34. The number of amides is 1. The average Bonchev–Trinajstić information content (AvgIpc) is 3.51. The van der Waals surface area contributed by atoms with E-state index in [0.29, 0.717) is 41.7 Å². The molecule has 5 rings (SSSR count). The van der Waals surface area contributed by atoms with Gasteiger partial charge in [-0.15, -0.1) is 0 Å². The third-order valence-corrected chi connectivity index (χ3v) is 6.02. The number of rotatable bonds is 5. The van der Waals surface area contributed by atoms with E-state index in [1.165, 1.54) is 0 Å². The Bertz CT molecular complexity index is 1180. The smallest absolute Gasteiger partial charge is 0.291 e. The zero-order valence-electron chi connectivity index (χ0n) is 18.5. The number of benzene rings is 1. The van der Waals surface area contributed by atoms with Crippen LogP contribution >= 0.6 is 0 Å². The summed E-state index contributed by atoms with van der Waals surface area (Å²) >= 11 is 0. The number of anilines is 1. The molecule has 1 N–H and O–H groups in total. The van der Waals surface area contributed by atoms with Crippen LogP contribution in [0.1, 0.15) is 44.5 Å². The van der Waals surface area contributed by atoms with E-state index in [2.05, 4.69) is 22.4 Å². The number of furan rings is 1. The van der Waals surface area contributed by atoms with Gasteiger partial charge in [0, 0.05) is 30.6 Å². The van der Waals surface area contributed by atoms with Crippen LogP contribution in [0.4, 0.5) is 5.69 Å². The molecule has 32 heavy (non-hydrogen) atoms. The molecule has 168 valence electrons. The van der Waals surface area contributed by atoms with Crippen molar-refractivity contribution in [2.75, 3.05) is 32.8 Å². The van der Waals surface area contributed by atoms with Crippen molar-refractivity contribution in [3.8, 4) is 17.2 Å². The van der Waals surface area contributed by atoms with Gasteiger partial charge in [-0.25, -0.2) is 0 Å². The zero-order chi connectivity index (χ0) is 22.4. The predicted molar refractivity (Wildman–Crippen MR) is 115 cm³/mol. The van der Waals surface area contributed by atoms with Crippen molar-refractivity contribution in [1.29, 1.82) is 0 Å². The van der Waals surface area contributed by atoms with E-state index < -0.39 is 0 Å². The predicted octanol–water partition coefficient (Wildman–Crippen LogP) is 3.45. The van der Waals surface area contributed by atoms with Gasteiger partial charge in [0.2, 0.25) is 12.5 Å². The maximum absolute atomic E-state index is 13.1. The Morgan fingerprint density at radius 3 is 2.78 bits per heavy atom. The third-order valence-electron chi connectivity index (χ3n) is 6.02. The highest BCUT2D eigenvalue weighted by Gasteiger charge is 2.33. The minimum Gasteiger partial charge on any atom is -0.492 e. The Kier molecular flexibility index (Phi) is 5.05. The van der Waals surface area contributed by atoms with Gasteiger partial charge in [0.1, 0.15) is 11.5 Å². The van der Waals surface area contributed by atoms with Crippen LogP contribution in [-0.4, -0.2) is 43.5 Å². The van der Waals surface area contributed by atoms with Crippen LogP contribution in [0.15, 0.2) is 21.1 Å². The first-order valence-corrected chi connectivity index (χ1v) is 10.5. The minimum atomic E-state index is -0.348. The van der Waals surface area contributed by atoms with Gasteiger partial charge in [0.25, 0.3) is 5.91 Å². The molecule has 0 spiro atoms. The Morgan fingerprint density at radius 2 is 2.03 bits per heavy atom. The lowest BCUT2D eigenvalue weighted by molar-refractivity contribution is 0.0994. The summed E-state index contributed by atoms with van der Waals surface area (Å²) in [5, 5.41) is 6.97. The normalized spacial score (nSPS) is 15.0. The Balaban J connectivity index is 1.45. The summed E-state index contributed by atoms with van der Waals surface area (Å²) in [6.45, 7) is 5.38. The lowest BCUT2D eigenvalue weighted by Crippen LogP contribution is -2.28. The molecule has 3 aromatic rings. The molecular formula is C23H25N3O6. The molecule has 0 saturated heterocycles. The first kappa shape index (κ1) is 20.4. The van der Waals surface area contributed by atoms with Crippen molar-refractivity contribution in [1.82, 2.24) is 10.1 Å². The molecule has 2 aliphatic rings. The van der Waals surface area contributed by atoms with Crippen molar-refractivity contribution >= 4 is 11.6 Å². The highest BCUT2D eigenvalue weighted by Crippen LogP contribution is 2.52. The number of ether oxygens (including phenoxy) is 3. The van der Waals surface area contributed by atoms with Gasteiger partial charge in [-0.2, -0.15) is 0 Å². The van der Waals surface area contributed by atoms with E-state index >= 15 is 0 Å². The van der Waals surface area contributed by atoms with Crippen molar-refractivity contribution in [3.63, 3.8) is 0 Å². The first-order chi connectivity index (χ1) is 15.5. The van der Waals surface area contributed by atoms with Gasteiger partial charge in [-0.05, 0) is 45.0 Å².